The molecule has 1 aromatic carbocycles. The highest BCUT2D eigenvalue weighted by atomic mass is 15.2. The van der Waals surface area contributed by atoms with Crippen molar-refractivity contribution in [1.29, 1.82) is 0 Å². The molecule has 3 heteroatoms. The predicted octanol–water partition coefficient (Wildman–Crippen LogP) is 3.31. The van der Waals surface area contributed by atoms with Gasteiger partial charge in [-0.15, -0.1) is 0 Å². The third kappa shape index (κ3) is 2.49. The van der Waals surface area contributed by atoms with Gasteiger partial charge in [0, 0.05) is 11.3 Å². The summed E-state index contributed by atoms with van der Waals surface area (Å²) in [7, 11) is 0. The summed E-state index contributed by atoms with van der Waals surface area (Å²) in [6.07, 6.45) is 3.33. The van der Waals surface area contributed by atoms with Crippen LogP contribution in [-0.2, 0) is 6.42 Å². The Hall–Kier alpha value is -1.77. The summed E-state index contributed by atoms with van der Waals surface area (Å²) in [6.45, 7) is 4.27. The number of H-pyrrole nitrogens is 1. The smallest absolute Gasteiger partial charge is 0.153 e. The van der Waals surface area contributed by atoms with Gasteiger partial charge in [-0.3, -0.25) is 5.10 Å². The van der Waals surface area contributed by atoms with Crippen LogP contribution in [0.3, 0.4) is 0 Å². The number of hydrogen-bond acceptors (Lipinski definition) is 2. The summed E-state index contributed by atoms with van der Waals surface area (Å²) in [5, 5.41) is 7.17. The Bertz CT molecular complexity index is 483. The molecule has 0 aliphatic heterocycles. The Morgan fingerprint density at radius 3 is 2.59 bits per heavy atom. The molecule has 0 bridgehead atoms. The second-order valence-electron chi connectivity index (χ2n) is 4.43. The van der Waals surface area contributed by atoms with E-state index in [9.17, 15) is 0 Å². The van der Waals surface area contributed by atoms with E-state index in [1.165, 1.54) is 12.0 Å². The van der Waals surface area contributed by atoms with E-state index in [0.717, 1.165) is 29.7 Å². The third-order valence-electron chi connectivity index (χ3n) is 2.99. The number of nitrogens with zero attached hydrogens (tertiary/aromatic N) is 1. The number of nitrogen functional groups attached to an aromatic ring is 1. The quantitative estimate of drug-likeness (QED) is 0.845. The Labute approximate surface area is 102 Å². The fourth-order valence-electron chi connectivity index (χ4n) is 1.97. The van der Waals surface area contributed by atoms with Gasteiger partial charge in [0.15, 0.2) is 5.82 Å². The number of hydrogen-bond donors (Lipinski definition) is 2. The molecular formula is C14H19N3. The summed E-state index contributed by atoms with van der Waals surface area (Å²) < 4.78 is 0. The van der Waals surface area contributed by atoms with Gasteiger partial charge in [0.2, 0.25) is 0 Å². The van der Waals surface area contributed by atoms with Gasteiger partial charge in [0.1, 0.15) is 0 Å². The molecule has 3 N–H and O–H groups in total. The van der Waals surface area contributed by atoms with Gasteiger partial charge in [-0.1, -0.05) is 43.2 Å². The zero-order valence-electron chi connectivity index (χ0n) is 10.5. The molecule has 0 saturated heterocycles. The average Bonchev–Trinajstić information content (AvgIpc) is 2.69. The van der Waals surface area contributed by atoms with E-state index in [2.05, 4.69) is 48.3 Å². The maximum absolute atomic E-state index is 5.94. The number of aromatic amines is 1. The summed E-state index contributed by atoms with van der Waals surface area (Å²) in [4.78, 5) is 0. The highest BCUT2D eigenvalue weighted by Gasteiger charge is 2.12. The van der Waals surface area contributed by atoms with Crippen LogP contribution in [-0.4, -0.2) is 10.2 Å². The topological polar surface area (TPSA) is 54.7 Å². The molecule has 0 radical (unpaired) electrons. The first kappa shape index (κ1) is 11.7. The van der Waals surface area contributed by atoms with Gasteiger partial charge in [-0.05, 0) is 25.3 Å². The van der Waals surface area contributed by atoms with E-state index in [1.807, 2.05) is 0 Å². The van der Waals surface area contributed by atoms with Crippen molar-refractivity contribution in [3.05, 3.63) is 35.5 Å². The normalized spacial score (nSPS) is 10.7. The van der Waals surface area contributed by atoms with Crippen LogP contribution in [0.5, 0.6) is 0 Å². The standard InChI is InChI=1S/C14H19N3/c1-3-4-5-12-13(14(15)17-16-12)11-8-6-10(2)7-9-11/h6-9H,3-5H2,1-2H3,(H3,15,16,17). The number of anilines is 1. The number of nitrogens with one attached hydrogen (secondary N) is 1. The van der Waals surface area contributed by atoms with Crippen molar-refractivity contribution in [3.63, 3.8) is 0 Å². The highest BCUT2D eigenvalue weighted by molar-refractivity contribution is 5.76. The summed E-state index contributed by atoms with van der Waals surface area (Å²) in [5.74, 6) is 0.597. The Balaban J connectivity index is 2.36. The lowest BCUT2D eigenvalue weighted by Crippen LogP contribution is -1.91. The molecule has 17 heavy (non-hydrogen) atoms. The monoisotopic (exact) mass is 229 g/mol. The molecule has 0 saturated carbocycles. The molecule has 0 spiro atoms. The minimum atomic E-state index is 0.597. The van der Waals surface area contributed by atoms with E-state index in [-0.39, 0.29) is 0 Å². The largest absolute Gasteiger partial charge is 0.382 e. The van der Waals surface area contributed by atoms with Crippen LogP contribution >= 0.6 is 0 Å². The van der Waals surface area contributed by atoms with Crippen molar-refractivity contribution in [2.24, 2.45) is 0 Å². The van der Waals surface area contributed by atoms with Crippen molar-refractivity contribution in [2.75, 3.05) is 5.73 Å². The molecule has 0 aliphatic carbocycles. The van der Waals surface area contributed by atoms with E-state index < -0.39 is 0 Å². The van der Waals surface area contributed by atoms with Crippen LogP contribution in [0, 0.1) is 6.92 Å². The fraction of sp³-hybridized carbons (Fsp3) is 0.357. The molecule has 90 valence electrons. The minimum absolute atomic E-state index is 0.597. The molecule has 2 rings (SSSR count). The van der Waals surface area contributed by atoms with Gasteiger partial charge in [-0.2, -0.15) is 5.10 Å². The molecule has 0 unspecified atom stereocenters. The minimum Gasteiger partial charge on any atom is -0.382 e. The maximum Gasteiger partial charge on any atom is 0.153 e. The van der Waals surface area contributed by atoms with Crippen LogP contribution in [0.4, 0.5) is 5.82 Å². The summed E-state index contributed by atoms with van der Waals surface area (Å²) in [5.41, 5.74) is 10.6. The van der Waals surface area contributed by atoms with Crippen molar-refractivity contribution in [3.8, 4) is 11.1 Å². The first-order chi connectivity index (χ1) is 8.22. The van der Waals surface area contributed by atoms with Gasteiger partial charge in [0.25, 0.3) is 0 Å². The Kier molecular flexibility index (Phi) is 3.47. The molecule has 0 aliphatic rings. The fourth-order valence-corrected chi connectivity index (χ4v) is 1.97. The molecule has 1 heterocycles. The van der Waals surface area contributed by atoms with Crippen molar-refractivity contribution >= 4 is 5.82 Å². The van der Waals surface area contributed by atoms with Crippen LogP contribution in [0.1, 0.15) is 31.0 Å². The first-order valence-electron chi connectivity index (χ1n) is 6.12. The second-order valence-corrected chi connectivity index (χ2v) is 4.43. The molecule has 0 amide bonds. The molecule has 0 fully saturated rings. The van der Waals surface area contributed by atoms with Crippen molar-refractivity contribution in [2.45, 2.75) is 33.1 Å². The lowest BCUT2D eigenvalue weighted by molar-refractivity contribution is 0.773. The van der Waals surface area contributed by atoms with Crippen LogP contribution in [0.2, 0.25) is 0 Å². The molecular weight excluding hydrogens is 210 g/mol. The summed E-state index contributed by atoms with van der Waals surface area (Å²) >= 11 is 0. The average molecular weight is 229 g/mol. The van der Waals surface area contributed by atoms with Gasteiger partial charge >= 0.3 is 0 Å². The van der Waals surface area contributed by atoms with Gasteiger partial charge < -0.3 is 5.73 Å². The second kappa shape index (κ2) is 5.04. The maximum atomic E-state index is 5.94. The highest BCUT2D eigenvalue weighted by Crippen LogP contribution is 2.28. The first-order valence-corrected chi connectivity index (χ1v) is 6.12. The van der Waals surface area contributed by atoms with E-state index in [4.69, 9.17) is 5.73 Å². The Morgan fingerprint density at radius 1 is 1.24 bits per heavy atom. The van der Waals surface area contributed by atoms with Gasteiger partial charge in [0.05, 0.1) is 0 Å². The number of rotatable bonds is 4. The van der Waals surface area contributed by atoms with Crippen LogP contribution < -0.4 is 5.73 Å². The molecule has 0 atom stereocenters. The van der Waals surface area contributed by atoms with Crippen molar-refractivity contribution in [1.82, 2.24) is 10.2 Å². The number of aromatic nitrogens is 2. The number of benzene rings is 1. The number of unbranched alkanes of at least 4 members (excludes halogenated alkanes) is 1. The van der Waals surface area contributed by atoms with Crippen molar-refractivity contribution < 1.29 is 0 Å². The Morgan fingerprint density at radius 2 is 1.94 bits per heavy atom. The number of aryl methyl sites for hydroxylation is 2. The summed E-state index contributed by atoms with van der Waals surface area (Å²) in [6, 6.07) is 8.41. The SMILES string of the molecule is CCCCc1[nH]nc(N)c1-c1ccc(C)cc1. The number of nitrogens with two attached hydrogens (primary N) is 1. The van der Waals surface area contributed by atoms with E-state index >= 15 is 0 Å². The lowest BCUT2D eigenvalue weighted by Gasteiger charge is -2.04. The third-order valence-corrected chi connectivity index (χ3v) is 2.99. The van der Waals surface area contributed by atoms with E-state index in [1.54, 1.807) is 0 Å². The van der Waals surface area contributed by atoms with Crippen LogP contribution in [0.25, 0.3) is 11.1 Å². The molecule has 1 aromatic heterocycles. The predicted molar refractivity (Wildman–Crippen MR) is 71.8 cm³/mol. The molecule has 3 nitrogen and oxygen atoms in total. The zero-order valence-corrected chi connectivity index (χ0v) is 10.5. The van der Waals surface area contributed by atoms with E-state index in [0.29, 0.717) is 5.82 Å². The van der Waals surface area contributed by atoms with Gasteiger partial charge in [-0.25, -0.2) is 0 Å². The van der Waals surface area contributed by atoms with Crippen LogP contribution in [0.15, 0.2) is 24.3 Å². The lowest BCUT2D eigenvalue weighted by atomic mass is 10.0. The zero-order chi connectivity index (χ0) is 12.3. The molecule has 2 aromatic rings.